The van der Waals surface area contributed by atoms with Crippen LogP contribution in [0, 0.1) is 0 Å². The number of guanidine groups is 1. The number of hydrogen-bond donors (Lipinski definition) is 2. The summed E-state index contributed by atoms with van der Waals surface area (Å²) in [6.07, 6.45) is 2.21. The molecule has 3 rings (SSSR count). The van der Waals surface area contributed by atoms with Gasteiger partial charge in [0.2, 0.25) is 0 Å². The fourth-order valence-corrected chi connectivity index (χ4v) is 4.07. The lowest BCUT2D eigenvalue weighted by Gasteiger charge is -2.38. The third-order valence-electron chi connectivity index (χ3n) is 5.80. The van der Waals surface area contributed by atoms with Crippen LogP contribution in [-0.2, 0) is 13.1 Å². The van der Waals surface area contributed by atoms with Crippen LogP contribution in [0.1, 0.15) is 37.8 Å². The van der Waals surface area contributed by atoms with Gasteiger partial charge in [0.05, 0.1) is 20.8 Å². The topological polar surface area (TPSA) is 58.1 Å². The minimum atomic E-state index is 0. The van der Waals surface area contributed by atoms with Crippen LogP contribution in [0.3, 0.4) is 0 Å². The van der Waals surface area contributed by atoms with Crippen molar-refractivity contribution < 1.29 is 9.47 Å². The van der Waals surface area contributed by atoms with Crippen LogP contribution in [0.5, 0.6) is 11.5 Å². The lowest BCUT2D eigenvalue weighted by atomic mass is 9.97. The van der Waals surface area contributed by atoms with Crippen molar-refractivity contribution in [1.82, 2.24) is 15.5 Å². The molecular weight excluding hydrogens is 515 g/mol. The predicted molar refractivity (Wildman–Crippen MR) is 142 cm³/mol. The second kappa shape index (κ2) is 13.5. The van der Waals surface area contributed by atoms with E-state index in [0.717, 1.165) is 55.5 Å². The van der Waals surface area contributed by atoms with Crippen molar-refractivity contribution in [3.05, 3.63) is 59.7 Å². The van der Waals surface area contributed by atoms with Gasteiger partial charge >= 0.3 is 0 Å². The molecule has 2 unspecified atom stereocenters. The van der Waals surface area contributed by atoms with Gasteiger partial charge < -0.3 is 20.1 Å². The molecule has 176 valence electrons. The zero-order valence-corrected chi connectivity index (χ0v) is 22.0. The standard InChI is InChI=1S/C25H36N4O2.HI/c1-5-26-25(27-17-21-11-12-23(30-3)24(16-21)31-4)28-22-13-14-29(19(2)15-22)18-20-9-7-6-8-10-20;/h6-12,16,19,22H,5,13-15,17-18H2,1-4H3,(H2,26,27,28);1H. The van der Waals surface area contributed by atoms with Gasteiger partial charge in [-0.1, -0.05) is 36.4 Å². The van der Waals surface area contributed by atoms with Crippen molar-refractivity contribution >= 4 is 29.9 Å². The number of ether oxygens (including phenoxy) is 2. The highest BCUT2D eigenvalue weighted by atomic mass is 127. The summed E-state index contributed by atoms with van der Waals surface area (Å²) in [6, 6.07) is 17.6. The van der Waals surface area contributed by atoms with Crippen LogP contribution in [-0.4, -0.2) is 50.3 Å². The molecule has 0 radical (unpaired) electrons. The fourth-order valence-electron chi connectivity index (χ4n) is 4.07. The van der Waals surface area contributed by atoms with Crippen LogP contribution in [0.15, 0.2) is 53.5 Å². The summed E-state index contributed by atoms with van der Waals surface area (Å²) in [5.41, 5.74) is 2.46. The van der Waals surface area contributed by atoms with Crippen molar-refractivity contribution in [2.75, 3.05) is 27.3 Å². The number of nitrogens with one attached hydrogen (secondary N) is 2. The van der Waals surface area contributed by atoms with E-state index in [1.54, 1.807) is 14.2 Å². The van der Waals surface area contributed by atoms with Crippen molar-refractivity contribution in [3.8, 4) is 11.5 Å². The average molecular weight is 553 g/mol. The number of halogens is 1. The third-order valence-corrected chi connectivity index (χ3v) is 5.80. The SMILES string of the molecule is CCNC(=NCc1ccc(OC)c(OC)c1)NC1CCN(Cc2ccccc2)C(C)C1.I. The van der Waals surface area contributed by atoms with Crippen LogP contribution >= 0.6 is 24.0 Å². The molecule has 0 bridgehead atoms. The monoisotopic (exact) mass is 552 g/mol. The number of benzene rings is 2. The van der Waals surface area contributed by atoms with Crippen molar-refractivity contribution in [3.63, 3.8) is 0 Å². The molecule has 0 aliphatic carbocycles. The van der Waals surface area contributed by atoms with Gasteiger partial charge in [0.15, 0.2) is 17.5 Å². The first kappa shape index (κ1) is 26.3. The Hall–Kier alpha value is -2.00. The van der Waals surface area contributed by atoms with Gasteiger partial charge in [0.25, 0.3) is 0 Å². The molecule has 0 spiro atoms. The highest BCUT2D eigenvalue weighted by Gasteiger charge is 2.26. The Morgan fingerprint density at radius 3 is 2.47 bits per heavy atom. The summed E-state index contributed by atoms with van der Waals surface area (Å²) in [6.45, 7) is 7.94. The first-order chi connectivity index (χ1) is 15.1. The smallest absolute Gasteiger partial charge is 0.191 e. The molecule has 7 heteroatoms. The molecule has 1 saturated heterocycles. The van der Waals surface area contributed by atoms with E-state index in [0.29, 0.717) is 18.6 Å². The zero-order valence-electron chi connectivity index (χ0n) is 19.6. The predicted octanol–water partition coefficient (Wildman–Crippen LogP) is 4.43. The van der Waals surface area contributed by atoms with E-state index in [1.807, 2.05) is 18.2 Å². The van der Waals surface area contributed by atoms with Gasteiger partial charge in [-0.15, -0.1) is 24.0 Å². The quantitative estimate of drug-likeness (QED) is 0.289. The van der Waals surface area contributed by atoms with E-state index < -0.39 is 0 Å². The van der Waals surface area contributed by atoms with Crippen LogP contribution in [0.4, 0.5) is 0 Å². The Balaban J connectivity index is 0.00000363. The molecule has 1 aliphatic rings. The Morgan fingerprint density at radius 1 is 1.06 bits per heavy atom. The van der Waals surface area contributed by atoms with E-state index in [9.17, 15) is 0 Å². The summed E-state index contributed by atoms with van der Waals surface area (Å²) in [5, 5.41) is 7.04. The first-order valence-electron chi connectivity index (χ1n) is 11.2. The summed E-state index contributed by atoms with van der Waals surface area (Å²) in [7, 11) is 3.30. The van der Waals surface area contributed by atoms with E-state index in [4.69, 9.17) is 14.5 Å². The summed E-state index contributed by atoms with van der Waals surface area (Å²) in [4.78, 5) is 7.38. The molecule has 0 aromatic heterocycles. The Bertz CT molecular complexity index is 847. The summed E-state index contributed by atoms with van der Waals surface area (Å²) >= 11 is 0. The zero-order chi connectivity index (χ0) is 22.1. The van der Waals surface area contributed by atoms with Crippen molar-refractivity contribution in [2.24, 2.45) is 4.99 Å². The Labute approximate surface area is 209 Å². The van der Waals surface area contributed by atoms with E-state index in [2.05, 4.69) is 59.7 Å². The molecule has 2 N–H and O–H groups in total. The van der Waals surface area contributed by atoms with Gasteiger partial charge in [-0.05, 0) is 49.9 Å². The second-order valence-electron chi connectivity index (χ2n) is 8.06. The minimum absolute atomic E-state index is 0. The summed E-state index contributed by atoms with van der Waals surface area (Å²) < 4.78 is 10.7. The number of hydrogen-bond acceptors (Lipinski definition) is 4. The third kappa shape index (κ3) is 7.55. The fraction of sp³-hybridized carbons (Fsp3) is 0.480. The lowest BCUT2D eigenvalue weighted by Crippen LogP contribution is -2.51. The molecule has 1 fully saturated rings. The minimum Gasteiger partial charge on any atom is -0.493 e. The molecule has 0 amide bonds. The van der Waals surface area contributed by atoms with Gasteiger partial charge in [-0.25, -0.2) is 4.99 Å². The molecular formula is C25H37IN4O2. The largest absolute Gasteiger partial charge is 0.493 e. The van der Waals surface area contributed by atoms with Gasteiger partial charge in [-0.3, -0.25) is 4.90 Å². The molecule has 1 heterocycles. The van der Waals surface area contributed by atoms with Crippen molar-refractivity contribution in [2.45, 2.75) is 51.9 Å². The number of likely N-dealkylation sites (tertiary alicyclic amines) is 1. The molecule has 2 aromatic rings. The van der Waals surface area contributed by atoms with Crippen LogP contribution < -0.4 is 20.1 Å². The maximum absolute atomic E-state index is 5.41. The molecule has 1 aliphatic heterocycles. The molecule has 2 atom stereocenters. The average Bonchev–Trinajstić information content (AvgIpc) is 2.80. The lowest BCUT2D eigenvalue weighted by molar-refractivity contribution is 0.134. The normalized spacial score (nSPS) is 19.1. The summed E-state index contributed by atoms with van der Waals surface area (Å²) in [5.74, 6) is 2.33. The maximum atomic E-state index is 5.41. The molecule has 6 nitrogen and oxygen atoms in total. The number of methoxy groups -OCH3 is 2. The van der Waals surface area contributed by atoms with E-state index in [-0.39, 0.29) is 24.0 Å². The van der Waals surface area contributed by atoms with Gasteiger partial charge in [0, 0.05) is 31.7 Å². The van der Waals surface area contributed by atoms with Gasteiger partial charge in [-0.2, -0.15) is 0 Å². The van der Waals surface area contributed by atoms with Gasteiger partial charge in [0.1, 0.15) is 0 Å². The highest BCUT2D eigenvalue weighted by molar-refractivity contribution is 14.0. The van der Waals surface area contributed by atoms with E-state index in [1.165, 1.54) is 5.56 Å². The van der Waals surface area contributed by atoms with Crippen molar-refractivity contribution in [1.29, 1.82) is 0 Å². The second-order valence-corrected chi connectivity index (χ2v) is 8.06. The van der Waals surface area contributed by atoms with Crippen LogP contribution in [0.25, 0.3) is 0 Å². The number of piperidine rings is 1. The highest BCUT2D eigenvalue weighted by Crippen LogP contribution is 2.27. The van der Waals surface area contributed by atoms with Crippen LogP contribution in [0.2, 0.25) is 0 Å². The first-order valence-corrected chi connectivity index (χ1v) is 11.2. The van der Waals surface area contributed by atoms with E-state index >= 15 is 0 Å². The number of nitrogens with zero attached hydrogens (tertiary/aromatic N) is 2. The number of rotatable bonds is 8. The maximum Gasteiger partial charge on any atom is 0.191 e. The Kier molecular flexibility index (Phi) is 11.1. The number of aliphatic imine (C=N–C) groups is 1. The molecule has 2 aromatic carbocycles. The Morgan fingerprint density at radius 2 is 1.81 bits per heavy atom. The molecule has 0 saturated carbocycles. The molecule has 32 heavy (non-hydrogen) atoms.